The first-order chi connectivity index (χ1) is 17.3. The van der Waals surface area contributed by atoms with Crippen molar-refractivity contribution in [1.29, 1.82) is 5.26 Å². The van der Waals surface area contributed by atoms with Crippen molar-refractivity contribution in [1.82, 2.24) is 4.57 Å². The van der Waals surface area contributed by atoms with Gasteiger partial charge in [0.2, 0.25) is 11.8 Å². The minimum atomic E-state index is -0.739. The molecule has 2 aliphatic rings. The minimum Gasteiger partial charge on any atom is -0.494 e. The second-order valence-corrected chi connectivity index (χ2v) is 10.1. The SMILES string of the molecule is Cc1cccc(OCC[C@@]23CC[C@@](C)(O2)c2c3c(O)n(-c3ccc(C#N)c4ccccc34)c2O)c1C. The van der Waals surface area contributed by atoms with Crippen LogP contribution in [0.2, 0.25) is 0 Å². The van der Waals surface area contributed by atoms with E-state index in [1.165, 1.54) is 10.1 Å². The summed E-state index contributed by atoms with van der Waals surface area (Å²) in [4.78, 5) is 0. The highest BCUT2D eigenvalue weighted by Crippen LogP contribution is 2.65. The first-order valence-corrected chi connectivity index (χ1v) is 12.3. The molecule has 0 aliphatic carbocycles. The first kappa shape index (κ1) is 22.5. The lowest BCUT2D eigenvalue weighted by Gasteiger charge is -2.26. The van der Waals surface area contributed by atoms with Gasteiger partial charge in [0.1, 0.15) is 11.4 Å². The summed E-state index contributed by atoms with van der Waals surface area (Å²) in [6.45, 7) is 6.51. The number of hydrogen-bond donors (Lipinski definition) is 2. The molecule has 2 bridgehead atoms. The molecule has 1 saturated heterocycles. The number of fused-ring (bicyclic) bond motifs is 6. The quantitative estimate of drug-likeness (QED) is 0.353. The smallest absolute Gasteiger partial charge is 0.205 e. The Bertz CT molecular complexity index is 1580. The molecule has 0 spiro atoms. The Morgan fingerprint density at radius 1 is 0.972 bits per heavy atom. The normalized spacial score (nSPS) is 22.1. The van der Waals surface area contributed by atoms with Crippen molar-refractivity contribution in [3.8, 4) is 29.3 Å². The zero-order valence-electron chi connectivity index (χ0n) is 20.6. The molecule has 2 N–H and O–H groups in total. The number of aryl methyl sites for hydroxylation is 1. The summed E-state index contributed by atoms with van der Waals surface area (Å²) in [5.74, 6) is 0.809. The van der Waals surface area contributed by atoms with E-state index in [0.717, 1.165) is 34.9 Å². The Morgan fingerprint density at radius 3 is 2.50 bits per heavy atom. The fraction of sp³-hybridized carbons (Fsp3) is 0.300. The van der Waals surface area contributed by atoms with Crippen LogP contribution in [0.15, 0.2) is 54.6 Å². The monoisotopic (exact) mass is 480 g/mol. The van der Waals surface area contributed by atoms with Crippen LogP contribution in [-0.4, -0.2) is 21.4 Å². The molecule has 182 valence electrons. The van der Waals surface area contributed by atoms with Gasteiger partial charge in [-0.2, -0.15) is 5.26 Å². The molecule has 36 heavy (non-hydrogen) atoms. The van der Waals surface area contributed by atoms with Crippen molar-refractivity contribution in [3.05, 3.63) is 82.4 Å². The van der Waals surface area contributed by atoms with E-state index in [2.05, 4.69) is 19.1 Å². The second-order valence-electron chi connectivity index (χ2n) is 10.1. The topological polar surface area (TPSA) is 87.6 Å². The van der Waals surface area contributed by atoms with E-state index in [0.29, 0.717) is 35.4 Å². The number of nitriles is 1. The van der Waals surface area contributed by atoms with Crippen LogP contribution >= 0.6 is 0 Å². The molecule has 2 atom stereocenters. The third-order valence-corrected chi connectivity index (χ3v) is 8.11. The third kappa shape index (κ3) is 2.99. The Morgan fingerprint density at radius 2 is 1.72 bits per heavy atom. The van der Waals surface area contributed by atoms with Crippen LogP contribution in [0.4, 0.5) is 0 Å². The highest BCUT2D eigenvalue weighted by molar-refractivity contribution is 5.95. The predicted molar refractivity (Wildman–Crippen MR) is 137 cm³/mol. The van der Waals surface area contributed by atoms with Crippen LogP contribution in [-0.2, 0) is 15.9 Å². The van der Waals surface area contributed by atoms with Gasteiger partial charge in [-0.15, -0.1) is 0 Å². The van der Waals surface area contributed by atoms with Crippen molar-refractivity contribution in [3.63, 3.8) is 0 Å². The van der Waals surface area contributed by atoms with Gasteiger partial charge in [0.15, 0.2) is 0 Å². The van der Waals surface area contributed by atoms with Crippen molar-refractivity contribution in [2.24, 2.45) is 0 Å². The van der Waals surface area contributed by atoms with E-state index in [1.54, 1.807) is 12.1 Å². The zero-order chi connectivity index (χ0) is 25.2. The molecular weight excluding hydrogens is 452 g/mol. The zero-order valence-corrected chi connectivity index (χ0v) is 20.6. The molecule has 0 radical (unpaired) electrons. The van der Waals surface area contributed by atoms with Gasteiger partial charge in [-0.05, 0) is 62.9 Å². The van der Waals surface area contributed by atoms with Gasteiger partial charge in [0.25, 0.3) is 0 Å². The van der Waals surface area contributed by atoms with Crippen molar-refractivity contribution in [2.45, 2.75) is 51.2 Å². The maximum atomic E-state index is 11.6. The number of rotatable bonds is 5. The number of benzene rings is 3. The molecule has 0 amide bonds. The van der Waals surface area contributed by atoms with E-state index < -0.39 is 11.2 Å². The molecule has 0 unspecified atom stereocenters. The molecular formula is C30H28N2O4. The molecule has 3 aromatic carbocycles. The van der Waals surface area contributed by atoms with Crippen LogP contribution in [0.5, 0.6) is 17.5 Å². The summed E-state index contributed by atoms with van der Waals surface area (Å²) in [5, 5.41) is 34.2. The highest BCUT2D eigenvalue weighted by atomic mass is 16.5. The highest BCUT2D eigenvalue weighted by Gasteiger charge is 2.61. The summed E-state index contributed by atoms with van der Waals surface area (Å²) in [6, 6.07) is 19.3. The summed E-state index contributed by atoms with van der Waals surface area (Å²) in [6.07, 6.45) is 2.03. The number of aromatic nitrogens is 1. The Balaban J connectivity index is 1.43. The lowest BCUT2D eigenvalue weighted by molar-refractivity contribution is -0.0876. The number of aromatic hydroxyl groups is 2. The van der Waals surface area contributed by atoms with E-state index >= 15 is 0 Å². The van der Waals surface area contributed by atoms with Crippen molar-refractivity contribution >= 4 is 10.8 Å². The van der Waals surface area contributed by atoms with E-state index in [9.17, 15) is 15.5 Å². The number of nitrogens with zero attached hydrogens (tertiary/aromatic N) is 2. The first-order valence-electron chi connectivity index (χ1n) is 12.3. The molecule has 6 heteroatoms. The van der Waals surface area contributed by atoms with E-state index in [1.807, 2.05) is 50.2 Å². The molecule has 4 aromatic rings. The maximum Gasteiger partial charge on any atom is 0.205 e. The van der Waals surface area contributed by atoms with E-state index in [-0.39, 0.29) is 11.8 Å². The average molecular weight is 481 g/mol. The summed E-state index contributed by atoms with van der Waals surface area (Å²) >= 11 is 0. The Hall–Kier alpha value is -3.95. The van der Waals surface area contributed by atoms with Gasteiger partial charge in [-0.1, -0.05) is 36.4 Å². The minimum absolute atomic E-state index is 0.0168. The molecule has 6 nitrogen and oxygen atoms in total. The predicted octanol–water partition coefficient (Wildman–Crippen LogP) is 6.23. The number of hydrogen-bond acceptors (Lipinski definition) is 5. The Labute approximate surface area is 209 Å². The molecule has 2 aliphatic heterocycles. The summed E-state index contributed by atoms with van der Waals surface area (Å²) < 4.78 is 14.2. The summed E-state index contributed by atoms with van der Waals surface area (Å²) in [7, 11) is 0. The number of ether oxygens (including phenoxy) is 2. The average Bonchev–Trinajstić information content (AvgIpc) is 3.45. The largest absolute Gasteiger partial charge is 0.494 e. The Kier molecular flexibility index (Phi) is 4.86. The van der Waals surface area contributed by atoms with Crippen LogP contribution in [0.3, 0.4) is 0 Å². The second kappa shape index (κ2) is 7.78. The van der Waals surface area contributed by atoms with Gasteiger partial charge in [0.05, 0.1) is 40.7 Å². The lowest BCUT2D eigenvalue weighted by atomic mass is 9.78. The van der Waals surface area contributed by atoms with Crippen LogP contribution in [0.25, 0.3) is 16.5 Å². The lowest BCUT2D eigenvalue weighted by Crippen LogP contribution is -2.25. The standard InChI is InChI=1S/C30H28N2O4/c1-18-7-6-10-24(19(18)2)35-16-15-30-14-13-29(3,36-30)25-26(30)28(34)32(27(25)33)23-12-11-20(17-31)21-8-4-5-9-22(21)23/h4-12,33-34H,13-16H2,1-3H3/t29-,30-/m1/s1. The van der Waals surface area contributed by atoms with Gasteiger partial charge in [-0.25, -0.2) is 0 Å². The molecule has 0 saturated carbocycles. The van der Waals surface area contributed by atoms with Gasteiger partial charge >= 0.3 is 0 Å². The third-order valence-electron chi connectivity index (χ3n) is 8.11. The van der Waals surface area contributed by atoms with Crippen molar-refractivity contribution in [2.75, 3.05) is 6.61 Å². The van der Waals surface area contributed by atoms with Crippen molar-refractivity contribution < 1.29 is 19.7 Å². The van der Waals surface area contributed by atoms with Gasteiger partial charge in [0, 0.05) is 17.2 Å². The fourth-order valence-electron chi connectivity index (χ4n) is 6.12. The summed E-state index contributed by atoms with van der Waals surface area (Å²) in [5.41, 5.74) is 3.31. The molecule has 1 aromatic heterocycles. The van der Waals surface area contributed by atoms with Crippen LogP contribution < -0.4 is 4.74 Å². The van der Waals surface area contributed by atoms with Gasteiger partial charge < -0.3 is 19.7 Å². The van der Waals surface area contributed by atoms with E-state index in [4.69, 9.17) is 9.47 Å². The molecule has 1 fully saturated rings. The molecule has 3 heterocycles. The van der Waals surface area contributed by atoms with Crippen LogP contribution in [0.1, 0.15) is 54.0 Å². The maximum absolute atomic E-state index is 11.6. The fourth-order valence-corrected chi connectivity index (χ4v) is 6.12. The van der Waals surface area contributed by atoms with Crippen LogP contribution in [0, 0.1) is 25.2 Å². The molecule has 6 rings (SSSR count). The van der Waals surface area contributed by atoms with Gasteiger partial charge in [-0.3, -0.25) is 4.57 Å².